The predicted octanol–water partition coefficient (Wildman–Crippen LogP) is 21.1. The number of nitrogens with one attached hydrogen (secondary N) is 1. The summed E-state index contributed by atoms with van der Waals surface area (Å²) < 4.78 is 5.50. The molecule has 0 aromatic heterocycles. The first-order valence-electron chi connectivity index (χ1n) is 33.3. The minimum atomic E-state index is -0.842. The zero-order valence-electron chi connectivity index (χ0n) is 49.8. The number of aliphatic hydroxyl groups excluding tert-OH is 2. The molecule has 0 aromatic rings. The summed E-state index contributed by atoms with van der Waals surface area (Å²) in [5, 5.41) is 23.0. The molecule has 6 heteroatoms. The summed E-state index contributed by atoms with van der Waals surface area (Å²) in [6.45, 7) is 4.90. The first kappa shape index (κ1) is 72.1. The average molecular weight is 1040 g/mol. The van der Waals surface area contributed by atoms with Gasteiger partial charge in [0.25, 0.3) is 0 Å². The molecule has 436 valence electrons. The summed E-state index contributed by atoms with van der Waals surface area (Å²) in [6.07, 6.45) is 80.7. The van der Waals surface area contributed by atoms with E-state index in [-0.39, 0.29) is 18.5 Å². The lowest BCUT2D eigenvalue weighted by atomic mass is 10.0. The van der Waals surface area contributed by atoms with E-state index in [4.69, 9.17) is 4.74 Å². The molecule has 74 heavy (non-hydrogen) atoms. The van der Waals surface area contributed by atoms with E-state index in [0.717, 1.165) is 44.9 Å². The molecular formula is C68H129NO5. The van der Waals surface area contributed by atoms with Crippen LogP contribution in [0.1, 0.15) is 361 Å². The maximum atomic E-state index is 12.4. The molecule has 3 N–H and O–H groups in total. The van der Waals surface area contributed by atoms with Crippen molar-refractivity contribution in [1.82, 2.24) is 5.32 Å². The summed E-state index contributed by atoms with van der Waals surface area (Å²) in [5.41, 5.74) is 0. The molecule has 0 aliphatic heterocycles. The fourth-order valence-corrected chi connectivity index (χ4v) is 10.3. The topological polar surface area (TPSA) is 95.9 Å². The third kappa shape index (κ3) is 59.3. The molecular weight excluding hydrogens is 911 g/mol. The summed E-state index contributed by atoms with van der Waals surface area (Å²) in [7, 11) is 0. The van der Waals surface area contributed by atoms with Crippen LogP contribution in [0.4, 0.5) is 0 Å². The molecule has 0 heterocycles. The number of hydrogen-bond donors (Lipinski definition) is 3. The maximum Gasteiger partial charge on any atom is 0.305 e. The molecule has 0 rings (SSSR count). The Labute approximate surface area is 462 Å². The average Bonchev–Trinajstić information content (AvgIpc) is 3.40. The molecule has 0 aromatic carbocycles. The van der Waals surface area contributed by atoms with Crippen molar-refractivity contribution in [3.63, 3.8) is 0 Å². The van der Waals surface area contributed by atoms with Gasteiger partial charge >= 0.3 is 5.97 Å². The molecule has 0 bridgehead atoms. The number of hydrogen-bond acceptors (Lipinski definition) is 5. The lowest BCUT2D eigenvalue weighted by Gasteiger charge is -2.20. The Morgan fingerprint density at radius 2 is 0.635 bits per heavy atom. The highest BCUT2D eigenvalue weighted by Crippen LogP contribution is 2.17. The minimum Gasteiger partial charge on any atom is -0.466 e. The zero-order chi connectivity index (χ0) is 53.6. The normalized spacial score (nSPS) is 12.8. The van der Waals surface area contributed by atoms with Gasteiger partial charge < -0.3 is 20.3 Å². The number of ether oxygens (including phenoxy) is 1. The van der Waals surface area contributed by atoms with Gasteiger partial charge in [0.1, 0.15) is 0 Å². The highest BCUT2D eigenvalue weighted by Gasteiger charge is 2.18. The van der Waals surface area contributed by atoms with E-state index >= 15 is 0 Å². The largest absolute Gasteiger partial charge is 0.466 e. The van der Waals surface area contributed by atoms with Crippen molar-refractivity contribution in [2.75, 3.05) is 13.2 Å². The quantitative estimate of drug-likeness (QED) is 0.0320. The Morgan fingerprint density at radius 1 is 0.365 bits per heavy atom. The summed E-state index contributed by atoms with van der Waals surface area (Å²) in [5.74, 6) is -0.0546. The third-order valence-electron chi connectivity index (χ3n) is 15.4. The van der Waals surface area contributed by atoms with Gasteiger partial charge in [0, 0.05) is 12.8 Å². The van der Waals surface area contributed by atoms with Crippen LogP contribution in [0, 0.1) is 0 Å². The Bertz CT molecular complexity index is 1200. The number of rotatable bonds is 62. The molecule has 0 aliphatic rings. The van der Waals surface area contributed by atoms with E-state index in [9.17, 15) is 19.8 Å². The van der Waals surface area contributed by atoms with Gasteiger partial charge in [-0.15, -0.1) is 0 Å². The second-order valence-corrected chi connectivity index (χ2v) is 22.8. The predicted molar refractivity (Wildman–Crippen MR) is 324 cm³/mol. The van der Waals surface area contributed by atoms with E-state index in [2.05, 4.69) is 43.5 Å². The Balaban J connectivity index is 3.36. The van der Waals surface area contributed by atoms with E-state index < -0.39 is 12.1 Å². The maximum absolute atomic E-state index is 12.4. The minimum absolute atomic E-state index is 0.0129. The van der Waals surface area contributed by atoms with Gasteiger partial charge in [-0.1, -0.05) is 301 Å². The standard InChI is InChI=1S/C68H129NO5/c1-3-5-7-9-11-13-15-16-17-31-35-38-42-46-50-54-58-62-68(73)74-63-59-55-51-47-43-39-36-33-30-28-26-24-22-20-18-19-21-23-25-27-29-32-34-37-41-45-49-53-57-61-67(72)69-65(64-70)66(71)60-56-52-48-44-40-14-12-10-8-6-4-2/h16-18,20,56,60,65-66,70-71H,3-15,19,21-55,57-59,61-64H2,1-2H3,(H,69,72)/b17-16-,20-18-,60-56+. The molecule has 0 saturated heterocycles. The van der Waals surface area contributed by atoms with Crippen LogP contribution in [0.3, 0.4) is 0 Å². The van der Waals surface area contributed by atoms with Crippen LogP contribution in [0.5, 0.6) is 0 Å². The smallest absolute Gasteiger partial charge is 0.305 e. The molecule has 0 radical (unpaired) electrons. The van der Waals surface area contributed by atoms with Crippen LogP contribution in [0.15, 0.2) is 36.5 Å². The molecule has 0 saturated carbocycles. The van der Waals surface area contributed by atoms with Gasteiger partial charge in [-0.25, -0.2) is 0 Å². The van der Waals surface area contributed by atoms with Gasteiger partial charge in [-0.2, -0.15) is 0 Å². The van der Waals surface area contributed by atoms with Gasteiger partial charge in [-0.3, -0.25) is 9.59 Å². The van der Waals surface area contributed by atoms with Crippen molar-refractivity contribution in [2.45, 2.75) is 373 Å². The van der Waals surface area contributed by atoms with Gasteiger partial charge in [0.05, 0.1) is 25.4 Å². The van der Waals surface area contributed by atoms with Crippen LogP contribution in [0.2, 0.25) is 0 Å². The Hall–Kier alpha value is -1.92. The fraction of sp³-hybridized carbons (Fsp3) is 0.882. The second kappa shape index (κ2) is 63.6. The number of carbonyl (C=O) groups is 2. The number of carbonyl (C=O) groups excluding carboxylic acids is 2. The zero-order valence-corrected chi connectivity index (χ0v) is 49.8. The van der Waals surface area contributed by atoms with E-state index in [1.807, 2.05) is 6.08 Å². The third-order valence-corrected chi connectivity index (χ3v) is 15.4. The van der Waals surface area contributed by atoms with Gasteiger partial charge in [-0.05, 0) is 83.5 Å². The van der Waals surface area contributed by atoms with Crippen LogP contribution in [-0.2, 0) is 14.3 Å². The van der Waals surface area contributed by atoms with Crippen LogP contribution < -0.4 is 5.32 Å². The van der Waals surface area contributed by atoms with E-state index in [1.54, 1.807) is 6.08 Å². The number of allylic oxidation sites excluding steroid dienone is 5. The summed E-state index contributed by atoms with van der Waals surface area (Å²) in [4.78, 5) is 24.5. The van der Waals surface area contributed by atoms with Crippen molar-refractivity contribution in [3.8, 4) is 0 Å². The SMILES string of the molecule is CCCCCCCC/C=C\CCCCCCCCCC(=O)OCCCCCCCCCCCCCC/C=C\CCCCCCCCCCCCCCCC(=O)NC(CO)C(O)/C=C/CCCCCCCCCCC. The first-order valence-corrected chi connectivity index (χ1v) is 33.3. The monoisotopic (exact) mass is 1040 g/mol. The number of unbranched alkanes of at least 4 members (excludes halogenated alkanes) is 47. The highest BCUT2D eigenvalue weighted by atomic mass is 16.5. The van der Waals surface area contributed by atoms with Crippen molar-refractivity contribution in [1.29, 1.82) is 0 Å². The first-order chi connectivity index (χ1) is 36.5. The van der Waals surface area contributed by atoms with Crippen molar-refractivity contribution in [2.24, 2.45) is 0 Å². The molecule has 2 unspecified atom stereocenters. The molecule has 1 amide bonds. The fourth-order valence-electron chi connectivity index (χ4n) is 10.3. The van der Waals surface area contributed by atoms with Crippen molar-refractivity contribution < 1.29 is 24.5 Å². The summed E-state index contributed by atoms with van der Waals surface area (Å²) in [6, 6.07) is -0.626. The van der Waals surface area contributed by atoms with Crippen LogP contribution in [-0.4, -0.2) is 47.4 Å². The molecule has 2 atom stereocenters. The lowest BCUT2D eigenvalue weighted by molar-refractivity contribution is -0.143. The van der Waals surface area contributed by atoms with Gasteiger partial charge in [0.2, 0.25) is 5.91 Å². The van der Waals surface area contributed by atoms with Crippen molar-refractivity contribution >= 4 is 11.9 Å². The molecule has 0 fully saturated rings. The molecule has 6 nitrogen and oxygen atoms in total. The van der Waals surface area contributed by atoms with Crippen LogP contribution >= 0.6 is 0 Å². The van der Waals surface area contributed by atoms with E-state index in [1.165, 1.54) is 289 Å². The number of amides is 1. The van der Waals surface area contributed by atoms with Crippen molar-refractivity contribution in [3.05, 3.63) is 36.5 Å². The Morgan fingerprint density at radius 3 is 0.959 bits per heavy atom. The molecule has 0 aliphatic carbocycles. The lowest BCUT2D eigenvalue weighted by Crippen LogP contribution is -2.45. The van der Waals surface area contributed by atoms with Gasteiger partial charge in [0.15, 0.2) is 0 Å². The molecule has 0 spiro atoms. The second-order valence-electron chi connectivity index (χ2n) is 22.8. The van der Waals surface area contributed by atoms with Crippen LogP contribution in [0.25, 0.3) is 0 Å². The number of aliphatic hydroxyl groups is 2. The summed E-state index contributed by atoms with van der Waals surface area (Å²) >= 11 is 0. The number of esters is 1. The Kier molecular flexibility index (Phi) is 62.0. The van der Waals surface area contributed by atoms with E-state index in [0.29, 0.717) is 19.4 Å². The highest BCUT2D eigenvalue weighted by molar-refractivity contribution is 5.76.